The zero-order valence-corrected chi connectivity index (χ0v) is 13.9. The largest absolute Gasteiger partial charge is 0.420 e. The van der Waals surface area contributed by atoms with E-state index in [2.05, 4.69) is 25.7 Å². The number of carbonyl (C=O) groups excluding carboxylic acids is 1. The molecule has 1 aromatic carbocycles. The van der Waals surface area contributed by atoms with Crippen LogP contribution in [0.25, 0.3) is 0 Å². The molecule has 2 aromatic heterocycles. The lowest BCUT2D eigenvalue weighted by Crippen LogP contribution is -2.18. The lowest BCUT2D eigenvalue weighted by Gasteiger charge is -2.07. The maximum Gasteiger partial charge on any atom is 0.420 e. The topological polar surface area (TPSA) is 94.0 Å². The smallest absolute Gasteiger partial charge is 0.388 e. The average molecular weight is 366 g/mol. The number of aryl methyl sites for hydroxylation is 2. The Hall–Kier alpha value is -3.08. The van der Waals surface area contributed by atoms with Crippen LogP contribution in [0.1, 0.15) is 5.01 Å². The SMILES string of the molecule is Cc1nc(OC(=O)Nc2ncn(C)n2)c(Nc2cc(F)cc(F)c2)s1. The lowest BCUT2D eigenvalue weighted by atomic mass is 10.3. The molecule has 3 rings (SSSR count). The molecule has 11 heteroatoms. The number of nitrogens with one attached hydrogen (secondary N) is 2. The molecule has 0 fully saturated rings. The summed E-state index contributed by atoms with van der Waals surface area (Å²) in [6.07, 6.45) is 0.568. The van der Waals surface area contributed by atoms with Gasteiger partial charge in [0.05, 0.1) is 5.01 Å². The minimum atomic E-state index is -0.843. The number of halogens is 2. The third kappa shape index (κ3) is 4.26. The van der Waals surface area contributed by atoms with Crippen molar-refractivity contribution in [1.82, 2.24) is 19.7 Å². The summed E-state index contributed by atoms with van der Waals surface area (Å²) >= 11 is 1.17. The third-order valence-electron chi connectivity index (χ3n) is 2.83. The van der Waals surface area contributed by atoms with Gasteiger partial charge in [0.25, 0.3) is 11.8 Å². The Morgan fingerprint density at radius 2 is 2.00 bits per heavy atom. The van der Waals surface area contributed by atoms with Gasteiger partial charge in [0.2, 0.25) is 0 Å². The van der Waals surface area contributed by atoms with Crippen LogP contribution >= 0.6 is 11.3 Å². The van der Waals surface area contributed by atoms with Crippen LogP contribution in [0.2, 0.25) is 0 Å². The number of ether oxygens (including phenoxy) is 1. The van der Waals surface area contributed by atoms with Gasteiger partial charge in [-0.05, 0) is 19.1 Å². The molecule has 0 aliphatic carbocycles. The van der Waals surface area contributed by atoms with Crippen molar-refractivity contribution in [2.75, 3.05) is 10.6 Å². The van der Waals surface area contributed by atoms with E-state index in [-0.39, 0.29) is 17.5 Å². The number of hydrogen-bond donors (Lipinski definition) is 2. The van der Waals surface area contributed by atoms with E-state index in [1.807, 2.05) is 0 Å². The molecule has 0 unspecified atom stereocenters. The Morgan fingerprint density at radius 1 is 1.28 bits per heavy atom. The molecule has 1 amide bonds. The number of hydrogen-bond acceptors (Lipinski definition) is 7. The zero-order chi connectivity index (χ0) is 18.0. The highest BCUT2D eigenvalue weighted by Crippen LogP contribution is 2.34. The Kier molecular flexibility index (Phi) is 4.57. The highest BCUT2D eigenvalue weighted by Gasteiger charge is 2.16. The van der Waals surface area contributed by atoms with Gasteiger partial charge in [-0.1, -0.05) is 11.3 Å². The first kappa shape index (κ1) is 16.8. The summed E-state index contributed by atoms with van der Waals surface area (Å²) in [5.41, 5.74) is 0.165. The van der Waals surface area contributed by atoms with Crippen LogP contribution < -0.4 is 15.4 Å². The first-order chi connectivity index (χ1) is 11.9. The van der Waals surface area contributed by atoms with Gasteiger partial charge in [-0.15, -0.1) is 5.10 Å². The van der Waals surface area contributed by atoms with Crippen molar-refractivity contribution in [3.8, 4) is 5.88 Å². The van der Waals surface area contributed by atoms with Crippen LogP contribution in [0.5, 0.6) is 5.88 Å². The first-order valence-electron chi connectivity index (χ1n) is 6.94. The number of carbonyl (C=O) groups is 1. The maximum absolute atomic E-state index is 13.3. The molecule has 2 N–H and O–H groups in total. The van der Waals surface area contributed by atoms with E-state index in [0.717, 1.165) is 18.2 Å². The maximum atomic E-state index is 13.3. The first-order valence-corrected chi connectivity index (χ1v) is 7.76. The second-order valence-corrected chi connectivity index (χ2v) is 6.11. The highest BCUT2D eigenvalue weighted by atomic mass is 32.1. The minimum Gasteiger partial charge on any atom is -0.388 e. The lowest BCUT2D eigenvalue weighted by molar-refractivity contribution is 0.213. The number of rotatable bonds is 4. The fraction of sp³-hybridized carbons (Fsp3) is 0.143. The van der Waals surface area contributed by atoms with Crippen molar-refractivity contribution in [3.05, 3.63) is 41.2 Å². The van der Waals surface area contributed by atoms with Gasteiger partial charge in [-0.2, -0.15) is 0 Å². The van der Waals surface area contributed by atoms with E-state index in [4.69, 9.17) is 4.74 Å². The van der Waals surface area contributed by atoms with Crippen LogP contribution in [-0.4, -0.2) is 25.8 Å². The van der Waals surface area contributed by atoms with Crippen LogP contribution in [-0.2, 0) is 7.05 Å². The summed E-state index contributed by atoms with van der Waals surface area (Å²) in [4.78, 5) is 19.8. The zero-order valence-electron chi connectivity index (χ0n) is 13.1. The van der Waals surface area contributed by atoms with Gasteiger partial charge in [0.15, 0.2) is 5.00 Å². The number of benzene rings is 1. The Morgan fingerprint density at radius 3 is 2.64 bits per heavy atom. The van der Waals surface area contributed by atoms with Crippen molar-refractivity contribution in [3.63, 3.8) is 0 Å². The molecule has 2 heterocycles. The summed E-state index contributed by atoms with van der Waals surface area (Å²) in [5.74, 6) is -1.42. The van der Waals surface area contributed by atoms with E-state index < -0.39 is 17.7 Å². The molecule has 0 bridgehead atoms. The number of nitrogens with zero attached hydrogens (tertiary/aromatic N) is 4. The van der Waals surface area contributed by atoms with Crippen LogP contribution in [0.15, 0.2) is 24.5 Å². The number of amides is 1. The van der Waals surface area contributed by atoms with E-state index in [0.29, 0.717) is 10.0 Å². The number of aromatic nitrogens is 4. The number of anilines is 3. The second kappa shape index (κ2) is 6.81. The van der Waals surface area contributed by atoms with Crippen molar-refractivity contribution in [2.24, 2.45) is 7.05 Å². The van der Waals surface area contributed by atoms with Gasteiger partial charge < -0.3 is 10.1 Å². The molecule has 25 heavy (non-hydrogen) atoms. The molecule has 3 aromatic rings. The predicted molar refractivity (Wildman–Crippen MR) is 87.1 cm³/mol. The molecule has 0 saturated heterocycles. The van der Waals surface area contributed by atoms with Crippen molar-refractivity contribution >= 4 is 34.1 Å². The average Bonchev–Trinajstić information content (AvgIpc) is 3.04. The van der Waals surface area contributed by atoms with Gasteiger partial charge in [0, 0.05) is 18.8 Å². The van der Waals surface area contributed by atoms with Crippen molar-refractivity contribution in [2.45, 2.75) is 6.92 Å². The molecule has 0 aliphatic heterocycles. The van der Waals surface area contributed by atoms with Crippen LogP contribution in [0, 0.1) is 18.6 Å². The van der Waals surface area contributed by atoms with Crippen LogP contribution in [0.4, 0.5) is 30.2 Å². The molecular weight excluding hydrogens is 354 g/mol. The second-order valence-electron chi connectivity index (χ2n) is 4.91. The summed E-state index contributed by atoms with van der Waals surface area (Å²) in [7, 11) is 1.65. The predicted octanol–water partition coefficient (Wildman–Crippen LogP) is 3.21. The molecule has 0 spiro atoms. The standard InChI is InChI=1S/C14H12F2N6O2S/c1-7-18-11(24-14(23)20-13-17-6-22(2)21-13)12(25-7)19-10-4-8(15)3-9(16)5-10/h3-6,19H,1-2H3,(H,20,21,23). The summed E-state index contributed by atoms with van der Waals surface area (Å²) in [5, 5.41) is 9.93. The van der Waals surface area contributed by atoms with Gasteiger partial charge in [-0.25, -0.2) is 23.5 Å². The summed E-state index contributed by atoms with van der Waals surface area (Å²) in [6.45, 7) is 1.70. The molecule has 0 atom stereocenters. The normalized spacial score (nSPS) is 10.6. The van der Waals surface area contributed by atoms with E-state index >= 15 is 0 Å². The Labute approximate surface area is 144 Å². The van der Waals surface area contributed by atoms with Crippen LogP contribution in [0.3, 0.4) is 0 Å². The fourth-order valence-corrected chi connectivity index (χ4v) is 2.68. The monoisotopic (exact) mass is 366 g/mol. The molecule has 8 nitrogen and oxygen atoms in total. The Bertz CT molecular complexity index is 906. The summed E-state index contributed by atoms with van der Waals surface area (Å²) in [6, 6.07) is 2.98. The van der Waals surface area contributed by atoms with E-state index in [1.165, 1.54) is 22.3 Å². The van der Waals surface area contributed by atoms with Crippen molar-refractivity contribution < 1.29 is 18.3 Å². The fourth-order valence-electron chi connectivity index (χ4n) is 1.91. The van der Waals surface area contributed by atoms with Gasteiger partial charge in [-0.3, -0.25) is 10.00 Å². The number of thiazole rings is 1. The molecular formula is C14H12F2N6O2S. The highest BCUT2D eigenvalue weighted by molar-refractivity contribution is 7.16. The van der Waals surface area contributed by atoms with Crippen molar-refractivity contribution in [1.29, 1.82) is 0 Å². The molecule has 0 aliphatic rings. The quantitative estimate of drug-likeness (QED) is 0.736. The van der Waals surface area contributed by atoms with Gasteiger partial charge in [0.1, 0.15) is 18.0 Å². The van der Waals surface area contributed by atoms with E-state index in [9.17, 15) is 13.6 Å². The molecule has 130 valence electrons. The molecule has 0 saturated carbocycles. The Balaban J connectivity index is 1.75. The summed E-state index contributed by atoms with van der Waals surface area (Å²) < 4.78 is 33.1. The van der Waals surface area contributed by atoms with E-state index in [1.54, 1.807) is 14.0 Å². The third-order valence-corrected chi connectivity index (χ3v) is 3.69. The molecule has 0 radical (unpaired) electrons. The minimum absolute atomic E-state index is 0.0272. The van der Waals surface area contributed by atoms with Gasteiger partial charge >= 0.3 is 6.09 Å².